The molecule has 1 aromatic carbocycles. The predicted molar refractivity (Wildman–Crippen MR) is 94.1 cm³/mol. The lowest BCUT2D eigenvalue weighted by Gasteiger charge is -2.35. The third-order valence-electron chi connectivity index (χ3n) is 3.92. The van der Waals surface area contributed by atoms with Crippen molar-refractivity contribution < 1.29 is 8.42 Å². The van der Waals surface area contributed by atoms with Gasteiger partial charge in [0.1, 0.15) is 11.8 Å². The normalized spacial score (nSPS) is 15.9. The van der Waals surface area contributed by atoms with Crippen molar-refractivity contribution in [3.63, 3.8) is 0 Å². The van der Waals surface area contributed by atoms with Gasteiger partial charge in [-0.2, -0.15) is 9.57 Å². The van der Waals surface area contributed by atoms with Crippen molar-refractivity contribution in [1.29, 1.82) is 5.26 Å². The first kappa shape index (κ1) is 16.9. The highest BCUT2D eigenvalue weighted by Gasteiger charge is 2.28. The van der Waals surface area contributed by atoms with Gasteiger partial charge in [-0.05, 0) is 36.4 Å². The summed E-state index contributed by atoms with van der Waals surface area (Å²) >= 11 is 3.31. The Morgan fingerprint density at radius 3 is 2.25 bits per heavy atom. The van der Waals surface area contributed by atoms with Gasteiger partial charge in [-0.25, -0.2) is 13.4 Å². The first-order chi connectivity index (χ1) is 11.5. The minimum absolute atomic E-state index is 0.305. The third kappa shape index (κ3) is 3.43. The topological polar surface area (TPSA) is 77.3 Å². The summed E-state index contributed by atoms with van der Waals surface area (Å²) < 4.78 is 27.7. The molecule has 1 aliphatic heterocycles. The summed E-state index contributed by atoms with van der Waals surface area (Å²) in [5.41, 5.74) is 1.27. The molecule has 0 bridgehead atoms. The van der Waals surface area contributed by atoms with E-state index in [4.69, 9.17) is 5.26 Å². The van der Waals surface area contributed by atoms with Crippen molar-refractivity contribution in [2.24, 2.45) is 0 Å². The van der Waals surface area contributed by atoms with Crippen molar-refractivity contribution in [2.75, 3.05) is 31.1 Å². The number of nitrogens with zero attached hydrogens (tertiary/aromatic N) is 4. The summed E-state index contributed by atoms with van der Waals surface area (Å²) in [6.45, 7) is 2.00. The van der Waals surface area contributed by atoms with Gasteiger partial charge in [0.25, 0.3) is 0 Å². The van der Waals surface area contributed by atoms with E-state index in [1.807, 2.05) is 12.1 Å². The zero-order valence-corrected chi connectivity index (χ0v) is 15.2. The minimum atomic E-state index is -3.47. The number of benzene rings is 1. The maximum Gasteiger partial charge on any atom is 0.243 e. The summed E-state index contributed by atoms with van der Waals surface area (Å²) in [5.74, 6) is 0. The fraction of sp³-hybridized carbons (Fsp3) is 0.250. The molecule has 24 heavy (non-hydrogen) atoms. The van der Waals surface area contributed by atoms with E-state index in [9.17, 15) is 8.42 Å². The summed E-state index contributed by atoms with van der Waals surface area (Å²) in [6, 6.07) is 12.2. The molecule has 6 nitrogen and oxygen atoms in total. The Kier molecular flexibility index (Phi) is 4.85. The molecule has 124 valence electrons. The Bertz CT molecular complexity index is 852. The van der Waals surface area contributed by atoms with Gasteiger partial charge in [0.15, 0.2) is 0 Å². The molecule has 3 rings (SSSR count). The van der Waals surface area contributed by atoms with E-state index in [2.05, 4.69) is 25.8 Å². The maximum atomic E-state index is 12.7. The number of aromatic nitrogens is 1. The first-order valence-corrected chi connectivity index (χ1v) is 9.61. The second-order valence-corrected chi connectivity index (χ2v) is 8.21. The number of nitriles is 1. The Morgan fingerprint density at radius 2 is 1.71 bits per heavy atom. The Balaban J connectivity index is 1.70. The molecule has 1 fully saturated rings. The van der Waals surface area contributed by atoms with Crippen molar-refractivity contribution in [3.05, 3.63) is 52.8 Å². The van der Waals surface area contributed by atoms with Crippen molar-refractivity contribution in [2.45, 2.75) is 4.90 Å². The van der Waals surface area contributed by atoms with Crippen LogP contribution in [0.1, 0.15) is 5.69 Å². The quantitative estimate of drug-likeness (QED) is 0.780. The third-order valence-corrected chi connectivity index (χ3v) is 6.36. The van der Waals surface area contributed by atoms with Crippen LogP contribution in [0, 0.1) is 11.3 Å². The summed E-state index contributed by atoms with van der Waals surface area (Å²) in [6.07, 6.45) is 1.65. The highest BCUT2D eigenvalue weighted by atomic mass is 79.9. The second kappa shape index (κ2) is 6.89. The number of piperazine rings is 1. The molecule has 1 aliphatic rings. The second-order valence-electron chi connectivity index (χ2n) is 5.36. The van der Waals surface area contributed by atoms with Gasteiger partial charge in [-0.15, -0.1) is 0 Å². The SMILES string of the molecule is N#Cc1ccc(N2CCN(S(=O)(=O)c3ccc(Br)cc3)CC2)cn1. The van der Waals surface area contributed by atoms with Crippen LogP contribution < -0.4 is 4.90 Å². The Labute approximate surface area is 149 Å². The summed E-state index contributed by atoms with van der Waals surface area (Å²) in [5, 5.41) is 8.79. The number of pyridine rings is 1. The number of sulfonamides is 1. The molecule has 0 spiro atoms. The largest absolute Gasteiger partial charge is 0.368 e. The standard InChI is InChI=1S/C16H15BrN4O2S/c17-13-1-5-16(6-2-13)24(22,23)21-9-7-20(8-10-21)15-4-3-14(11-18)19-12-15/h1-6,12H,7-10H2. The molecule has 0 unspecified atom stereocenters. The van der Waals surface area contributed by atoms with E-state index in [1.165, 1.54) is 4.31 Å². The highest BCUT2D eigenvalue weighted by molar-refractivity contribution is 9.10. The van der Waals surface area contributed by atoms with E-state index in [0.717, 1.165) is 10.2 Å². The first-order valence-electron chi connectivity index (χ1n) is 7.37. The smallest absolute Gasteiger partial charge is 0.243 e. The summed E-state index contributed by atoms with van der Waals surface area (Å²) in [7, 11) is -3.47. The molecule has 0 N–H and O–H groups in total. The molecule has 0 amide bonds. The van der Waals surface area contributed by atoms with Crippen LogP contribution in [0.25, 0.3) is 0 Å². The molecular formula is C16H15BrN4O2S. The van der Waals surface area contributed by atoms with Crippen LogP contribution in [0.2, 0.25) is 0 Å². The molecule has 0 aliphatic carbocycles. The van der Waals surface area contributed by atoms with E-state index < -0.39 is 10.0 Å². The molecular weight excluding hydrogens is 392 g/mol. The van der Waals surface area contributed by atoms with Crippen LogP contribution >= 0.6 is 15.9 Å². The molecule has 1 aromatic heterocycles. The van der Waals surface area contributed by atoms with Gasteiger partial charge in [-0.3, -0.25) is 0 Å². The number of hydrogen-bond donors (Lipinski definition) is 0. The Hall–Kier alpha value is -1.95. The monoisotopic (exact) mass is 406 g/mol. The van der Waals surface area contributed by atoms with E-state index in [0.29, 0.717) is 36.8 Å². The van der Waals surface area contributed by atoms with Crippen molar-refractivity contribution in [1.82, 2.24) is 9.29 Å². The fourth-order valence-electron chi connectivity index (χ4n) is 2.58. The molecule has 0 saturated carbocycles. The zero-order chi connectivity index (χ0) is 17.2. The van der Waals surface area contributed by atoms with Gasteiger partial charge in [0.2, 0.25) is 10.0 Å². The van der Waals surface area contributed by atoms with E-state index >= 15 is 0 Å². The van der Waals surface area contributed by atoms with Gasteiger partial charge in [0, 0.05) is 30.7 Å². The van der Waals surface area contributed by atoms with Gasteiger partial charge in [-0.1, -0.05) is 15.9 Å². The van der Waals surface area contributed by atoms with E-state index in [1.54, 1.807) is 36.5 Å². The predicted octanol–water partition coefficient (Wildman–Crippen LogP) is 2.23. The van der Waals surface area contributed by atoms with Gasteiger partial charge < -0.3 is 4.90 Å². The van der Waals surface area contributed by atoms with Crippen LogP contribution in [0.15, 0.2) is 52.0 Å². The molecule has 0 radical (unpaired) electrons. The van der Waals surface area contributed by atoms with Crippen LogP contribution in [0.5, 0.6) is 0 Å². The van der Waals surface area contributed by atoms with Crippen LogP contribution in [0.3, 0.4) is 0 Å². The summed E-state index contributed by atoms with van der Waals surface area (Å²) in [4.78, 5) is 6.43. The van der Waals surface area contributed by atoms with Gasteiger partial charge >= 0.3 is 0 Å². The molecule has 2 heterocycles. The molecule has 8 heteroatoms. The minimum Gasteiger partial charge on any atom is -0.368 e. The lowest BCUT2D eigenvalue weighted by atomic mass is 10.3. The average Bonchev–Trinajstić information content (AvgIpc) is 2.62. The van der Waals surface area contributed by atoms with Crippen LogP contribution in [-0.2, 0) is 10.0 Å². The van der Waals surface area contributed by atoms with Crippen LogP contribution in [0.4, 0.5) is 5.69 Å². The zero-order valence-electron chi connectivity index (χ0n) is 12.8. The highest BCUT2D eigenvalue weighted by Crippen LogP contribution is 2.22. The fourth-order valence-corrected chi connectivity index (χ4v) is 4.27. The number of anilines is 1. The molecule has 0 atom stereocenters. The molecule has 1 saturated heterocycles. The average molecular weight is 407 g/mol. The maximum absolute atomic E-state index is 12.7. The number of hydrogen-bond acceptors (Lipinski definition) is 5. The number of halogens is 1. The van der Waals surface area contributed by atoms with Crippen LogP contribution in [-0.4, -0.2) is 43.9 Å². The number of rotatable bonds is 3. The Morgan fingerprint density at radius 1 is 1.04 bits per heavy atom. The molecule has 2 aromatic rings. The van der Waals surface area contributed by atoms with Gasteiger partial charge in [0.05, 0.1) is 16.8 Å². The lowest BCUT2D eigenvalue weighted by Crippen LogP contribution is -2.48. The van der Waals surface area contributed by atoms with Crippen molar-refractivity contribution >= 4 is 31.6 Å². The van der Waals surface area contributed by atoms with Crippen molar-refractivity contribution in [3.8, 4) is 6.07 Å². The van der Waals surface area contributed by atoms with E-state index in [-0.39, 0.29) is 0 Å². The lowest BCUT2D eigenvalue weighted by molar-refractivity contribution is 0.385.